The van der Waals surface area contributed by atoms with Crippen LogP contribution in [0.15, 0.2) is 48.8 Å². The minimum atomic E-state index is -0.915. The van der Waals surface area contributed by atoms with Crippen molar-refractivity contribution in [2.24, 2.45) is 0 Å². The number of aromatic nitrogens is 2. The molecule has 0 fully saturated rings. The molecule has 1 aromatic carbocycles. The van der Waals surface area contributed by atoms with Crippen molar-refractivity contribution in [3.05, 3.63) is 71.7 Å². The Labute approximate surface area is 160 Å². The predicted molar refractivity (Wildman–Crippen MR) is 99.8 cm³/mol. The number of nitrogens with one attached hydrogen (secondary N) is 2. The Balaban J connectivity index is 1.33. The lowest BCUT2D eigenvalue weighted by atomic mass is 10.2. The molecule has 0 unspecified atom stereocenters. The summed E-state index contributed by atoms with van der Waals surface area (Å²) in [6, 6.07) is 8.51. The lowest BCUT2D eigenvalue weighted by Gasteiger charge is -2.07. The molecule has 146 valence electrons. The zero-order valence-corrected chi connectivity index (χ0v) is 15.1. The monoisotopic (exact) mass is 386 g/mol. The molecule has 0 aliphatic carbocycles. The van der Waals surface area contributed by atoms with Gasteiger partial charge in [0.2, 0.25) is 5.91 Å². The van der Waals surface area contributed by atoms with E-state index in [1.165, 1.54) is 0 Å². The molecule has 6 nitrogen and oxygen atoms in total. The van der Waals surface area contributed by atoms with Gasteiger partial charge in [-0.1, -0.05) is 6.07 Å². The summed E-state index contributed by atoms with van der Waals surface area (Å²) in [5, 5.41) is 5.33. The molecule has 0 saturated heterocycles. The molecule has 0 radical (unpaired) electrons. The fourth-order valence-corrected chi connectivity index (χ4v) is 2.75. The molecule has 3 aromatic rings. The summed E-state index contributed by atoms with van der Waals surface area (Å²) in [6.45, 7) is 0.686. The van der Waals surface area contributed by atoms with E-state index in [-0.39, 0.29) is 24.4 Å². The van der Waals surface area contributed by atoms with Crippen LogP contribution in [-0.4, -0.2) is 34.3 Å². The van der Waals surface area contributed by atoms with Crippen molar-refractivity contribution in [2.75, 3.05) is 13.1 Å². The molecular weight excluding hydrogens is 366 g/mol. The fraction of sp³-hybridized carbons (Fsp3) is 0.250. The Morgan fingerprint density at radius 1 is 1.07 bits per heavy atom. The fourth-order valence-electron chi connectivity index (χ4n) is 2.75. The summed E-state index contributed by atoms with van der Waals surface area (Å²) in [7, 11) is 0. The summed E-state index contributed by atoms with van der Waals surface area (Å²) in [4.78, 5) is 28.2. The van der Waals surface area contributed by atoms with Crippen LogP contribution in [0.5, 0.6) is 0 Å². The highest BCUT2D eigenvalue weighted by Gasteiger charge is 2.12. The molecule has 2 amide bonds. The molecule has 8 heteroatoms. The van der Waals surface area contributed by atoms with Crippen LogP contribution < -0.4 is 10.6 Å². The Bertz CT molecular complexity index is 954. The molecule has 2 heterocycles. The highest BCUT2D eigenvalue weighted by Crippen LogP contribution is 2.09. The van der Waals surface area contributed by atoms with Gasteiger partial charge in [-0.15, -0.1) is 0 Å². The van der Waals surface area contributed by atoms with Crippen molar-refractivity contribution in [3.63, 3.8) is 0 Å². The van der Waals surface area contributed by atoms with Gasteiger partial charge in [-0.2, -0.15) is 0 Å². The van der Waals surface area contributed by atoms with Crippen LogP contribution in [0.1, 0.15) is 28.9 Å². The van der Waals surface area contributed by atoms with E-state index in [0.717, 1.165) is 23.5 Å². The zero-order chi connectivity index (χ0) is 19.9. The molecule has 0 spiro atoms. The van der Waals surface area contributed by atoms with Gasteiger partial charge in [0.05, 0.1) is 11.3 Å². The summed E-state index contributed by atoms with van der Waals surface area (Å²) in [6.07, 6.45) is 5.10. The van der Waals surface area contributed by atoms with Crippen molar-refractivity contribution >= 4 is 17.5 Å². The number of carbonyl (C=O) groups excluding carboxylic acids is 2. The quantitative estimate of drug-likeness (QED) is 0.584. The molecule has 0 bridgehead atoms. The Kier molecular flexibility index (Phi) is 6.31. The van der Waals surface area contributed by atoms with E-state index in [4.69, 9.17) is 0 Å². The Hall–Kier alpha value is -3.29. The van der Waals surface area contributed by atoms with Gasteiger partial charge >= 0.3 is 0 Å². The number of hydrogen-bond acceptors (Lipinski definition) is 3. The van der Waals surface area contributed by atoms with Gasteiger partial charge in [0, 0.05) is 44.4 Å². The number of amides is 2. The summed E-state index contributed by atoms with van der Waals surface area (Å²) in [5.74, 6) is -2.42. The average Bonchev–Trinajstić information content (AvgIpc) is 3.08. The van der Waals surface area contributed by atoms with Crippen LogP contribution >= 0.6 is 0 Å². The van der Waals surface area contributed by atoms with E-state index in [0.29, 0.717) is 25.5 Å². The van der Waals surface area contributed by atoms with Gasteiger partial charge in [0.25, 0.3) is 5.91 Å². The molecule has 0 aliphatic heterocycles. The number of carbonyl (C=O) groups is 2. The van der Waals surface area contributed by atoms with E-state index < -0.39 is 17.5 Å². The lowest BCUT2D eigenvalue weighted by molar-refractivity contribution is -0.121. The molecule has 28 heavy (non-hydrogen) atoms. The summed E-state index contributed by atoms with van der Waals surface area (Å²) in [5.41, 5.74) is 1.52. The standard InChI is InChI=1S/C20H20F2N4O2/c21-14-6-7-16(17(22)12-14)20(28)24-9-3-5-19(27)23-10-8-15-13-26-11-2-1-4-18(26)25-15/h1-2,4,6-7,11-13H,3,5,8-10H2,(H,23,27)(H,24,28). The second-order valence-electron chi connectivity index (χ2n) is 6.28. The molecule has 2 N–H and O–H groups in total. The van der Waals surface area contributed by atoms with Crippen molar-refractivity contribution in [2.45, 2.75) is 19.3 Å². The average molecular weight is 386 g/mol. The summed E-state index contributed by atoms with van der Waals surface area (Å²) >= 11 is 0. The number of rotatable bonds is 8. The van der Waals surface area contributed by atoms with Gasteiger partial charge < -0.3 is 15.0 Å². The molecule has 0 saturated carbocycles. The van der Waals surface area contributed by atoms with Crippen LogP contribution in [0, 0.1) is 11.6 Å². The summed E-state index contributed by atoms with van der Waals surface area (Å²) < 4.78 is 28.3. The zero-order valence-electron chi connectivity index (χ0n) is 15.1. The highest BCUT2D eigenvalue weighted by atomic mass is 19.1. The van der Waals surface area contributed by atoms with Gasteiger partial charge in [0.1, 0.15) is 17.3 Å². The minimum Gasteiger partial charge on any atom is -0.356 e. The van der Waals surface area contributed by atoms with Crippen molar-refractivity contribution in [3.8, 4) is 0 Å². The largest absolute Gasteiger partial charge is 0.356 e. The molecule has 3 rings (SSSR count). The number of imidazole rings is 1. The van der Waals surface area contributed by atoms with Crippen LogP contribution in [0.4, 0.5) is 8.78 Å². The lowest BCUT2D eigenvalue weighted by Crippen LogP contribution is -2.29. The second-order valence-corrected chi connectivity index (χ2v) is 6.28. The first-order chi connectivity index (χ1) is 13.5. The Morgan fingerprint density at radius 3 is 2.71 bits per heavy atom. The number of benzene rings is 1. The number of nitrogens with zero attached hydrogens (tertiary/aromatic N) is 2. The maximum atomic E-state index is 13.5. The van der Waals surface area contributed by atoms with Gasteiger partial charge in [-0.05, 0) is 30.7 Å². The molecule has 2 aromatic heterocycles. The second kappa shape index (κ2) is 9.07. The van der Waals surface area contributed by atoms with E-state index in [1.807, 2.05) is 35.0 Å². The SMILES string of the molecule is O=C(CCCNC(=O)c1ccc(F)cc1F)NCCc1cn2ccccc2n1. The van der Waals surface area contributed by atoms with E-state index >= 15 is 0 Å². The third kappa shape index (κ3) is 5.12. The van der Waals surface area contributed by atoms with Crippen LogP contribution in [-0.2, 0) is 11.2 Å². The highest BCUT2D eigenvalue weighted by molar-refractivity contribution is 5.94. The van der Waals surface area contributed by atoms with Crippen molar-refractivity contribution in [1.29, 1.82) is 0 Å². The topological polar surface area (TPSA) is 75.5 Å². The normalized spacial score (nSPS) is 10.8. The van der Waals surface area contributed by atoms with Crippen LogP contribution in [0.2, 0.25) is 0 Å². The number of pyridine rings is 1. The molecule has 0 atom stereocenters. The van der Waals surface area contributed by atoms with E-state index in [2.05, 4.69) is 15.6 Å². The van der Waals surface area contributed by atoms with Crippen LogP contribution in [0.3, 0.4) is 0 Å². The molecular formula is C20H20F2N4O2. The maximum Gasteiger partial charge on any atom is 0.254 e. The number of hydrogen-bond donors (Lipinski definition) is 2. The number of halogens is 2. The first-order valence-electron chi connectivity index (χ1n) is 8.95. The van der Waals surface area contributed by atoms with Gasteiger partial charge in [-0.3, -0.25) is 9.59 Å². The predicted octanol–water partition coefficient (Wildman–Crippen LogP) is 2.48. The number of fused-ring (bicyclic) bond motifs is 1. The first kappa shape index (κ1) is 19.5. The van der Waals surface area contributed by atoms with Crippen molar-refractivity contribution < 1.29 is 18.4 Å². The maximum absolute atomic E-state index is 13.5. The van der Waals surface area contributed by atoms with E-state index in [9.17, 15) is 18.4 Å². The Morgan fingerprint density at radius 2 is 1.93 bits per heavy atom. The van der Waals surface area contributed by atoms with Crippen LogP contribution in [0.25, 0.3) is 5.65 Å². The third-order valence-electron chi connectivity index (χ3n) is 4.16. The first-order valence-corrected chi connectivity index (χ1v) is 8.95. The molecule has 0 aliphatic rings. The third-order valence-corrected chi connectivity index (χ3v) is 4.16. The van der Waals surface area contributed by atoms with Gasteiger partial charge in [-0.25, -0.2) is 13.8 Å². The van der Waals surface area contributed by atoms with Gasteiger partial charge in [0.15, 0.2) is 0 Å². The van der Waals surface area contributed by atoms with E-state index in [1.54, 1.807) is 0 Å². The smallest absolute Gasteiger partial charge is 0.254 e. The minimum absolute atomic E-state index is 0.133. The van der Waals surface area contributed by atoms with Crippen molar-refractivity contribution in [1.82, 2.24) is 20.0 Å².